The first-order valence-corrected chi connectivity index (χ1v) is 6.44. The Morgan fingerprint density at radius 1 is 1.31 bits per heavy atom. The molecule has 1 spiro atoms. The highest BCUT2D eigenvalue weighted by molar-refractivity contribution is 4.93. The molecule has 2 saturated heterocycles. The summed E-state index contributed by atoms with van der Waals surface area (Å²) in [6, 6.07) is 0.606. The Hall–Kier alpha value is -0.120. The van der Waals surface area contributed by atoms with Crippen molar-refractivity contribution in [1.29, 1.82) is 0 Å². The number of rotatable bonds is 2. The van der Waals surface area contributed by atoms with Gasteiger partial charge >= 0.3 is 0 Å². The van der Waals surface area contributed by atoms with Crippen LogP contribution < -0.4 is 5.32 Å². The van der Waals surface area contributed by atoms with Crippen molar-refractivity contribution >= 4 is 0 Å². The second-order valence-corrected chi connectivity index (χ2v) is 6.47. The van der Waals surface area contributed by atoms with Crippen LogP contribution in [0.3, 0.4) is 0 Å². The summed E-state index contributed by atoms with van der Waals surface area (Å²) in [4.78, 5) is 0. The quantitative estimate of drug-likeness (QED) is 0.782. The molecule has 0 aromatic rings. The third kappa shape index (κ3) is 3.19. The van der Waals surface area contributed by atoms with Crippen LogP contribution in [0.1, 0.15) is 40.0 Å². The lowest BCUT2D eigenvalue weighted by atomic mass is 9.88. The predicted octanol–water partition coefficient (Wildman–Crippen LogP) is 1.96. The molecule has 2 heterocycles. The molecule has 2 aliphatic heterocycles. The molecule has 3 nitrogen and oxygen atoms in total. The highest BCUT2D eigenvalue weighted by Gasteiger charge is 2.40. The monoisotopic (exact) mass is 227 g/mol. The van der Waals surface area contributed by atoms with Crippen LogP contribution in [0.2, 0.25) is 0 Å². The summed E-state index contributed by atoms with van der Waals surface area (Å²) in [6.07, 6.45) is 3.32. The van der Waals surface area contributed by atoms with Crippen molar-refractivity contribution in [1.82, 2.24) is 5.32 Å². The van der Waals surface area contributed by atoms with Crippen molar-refractivity contribution in [3.8, 4) is 0 Å². The maximum atomic E-state index is 5.92. The summed E-state index contributed by atoms with van der Waals surface area (Å²) in [6.45, 7) is 10.4. The Morgan fingerprint density at radius 2 is 2.12 bits per heavy atom. The van der Waals surface area contributed by atoms with Gasteiger partial charge in [0.15, 0.2) is 0 Å². The van der Waals surface area contributed by atoms with E-state index in [2.05, 4.69) is 26.1 Å². The lowest BCUT2D eigenvalue weighted by Crippen LogP contribution is -2.49. The van der Waals surface area contributed by atoms with Crippen molar-refractivity contribution in [3.63, 3.8) is 0 Å². The predicted molar refractivity (Wildman–Crippen MR) is 64.6 cm³/mol. The van der Waals surface area contributed by atoms with Crippen LogP contribution in [-0.4, -0.2) is 38.0 Å². The Labute approximate surface area is 98.9 Å². The summed E-state index contributed by atoms with van der Waals surface area (Å²) in [7, 11) is 0. The van der Waals surface area contributed by atoms with Gasteiger partial charge in [0.2, 0.25) is 0 Å². The van der Waals surface area contributed by atoms with Crippen molar-refractivity contribution in [3.05, 3.63) is 0 Å². The number of nitrogens with one attached hydrogen (secondary N) is 1. The summed E-state index contributed by atoms with van der Waals surface area (Å²) >= 11 is 0. The highest BCUT2D eigenvalue weighted by Crippen LogP contribution is 2.33. The van der Waals surface area contributed by atoms with Gasteiger partial charge in [-0.3, -0.25) is 0 Å². The Kier molecular flexibility index (Phi) is 3.57. The molecule has 0 aromatic carbocycles. The normalized spacial score (nSPS) is 35.8. The molecule has 0 bridgehead atoms. The maximum absolute atomic E-state index is 5.92. The van der Waals surface area contributed by atoms with Crippen LogP contribution in [0, 0.1) is 5.41 Å². The van der Waals surface area contributed by atoms with E-state index in [1.807, 2.05) is 0 Å². The largest absolute Gasteiger partial charge is 0.378 e. The zero-order valence-corrected chi connectivity index (χ0v) is 10.8. The second kappa shape index (κ2) is 4.63. The number of ether oxygens (including phenoxy) is 2. The minimum atomic E-state index is 0.0355. The molecule has 0 aromatic heterocycles. The van der Waals surface area contributed by atoms with E-state index in [-0.39, 0.29) is 5.60 Å². The molecule has 3 heteroatoms. The van der Waals surface area contributed by atoms with Gasteiger partial charge < -0.3 is 14.8 Å². The van der Waals surface area contributed by atoms with Gasteiger partial charge in [0.1, 0.15) is 0 Å². The molecule has 0 saturated carbocycles. The second-order valence-electron chi connectivity index (χ2n) is 6.47. The fourth-order valence-corrected chi connectivity index (χ4v) is 2.52. The van der Waals surface area contributed by atoms with E-state index in [1.165, 1.54) is 0 Å². The summed E-state index contributed by atoms with van der Waals surface area (Å²) < 4.78 is 11.4. The Bertz CT molecular complexity index is 229. The standard InChI is InChI=1S/C13H25NO2/c1-12(2,3)9-14-11-4-6-16-13(8-11)5-7-15-10-13/h11,14H,4-10H2,1-3H3. The minimum Gasteiger partial charge on any atom is -0.378 e. The molecule has 2 atom stereocenters. The smallest absolute Gasteiger partial charge is 0.0951 e. The average Bonchev–Trinajstić information content (AvgIpc) is 2.63. The highest BCUT2D eigenvalue weighted by atomic mass is 16.6. The molecular formula is C13H25NO2. The van der Waals surface area contributed by atoms with E-state index < -0.39 is 0 Å². The lowest BCUT2D eigenvalue weighted by molar-refractivity contribution is -0.0898. The number of hydrogen-bond acceptors (Lipinski definition) is 3. The van der Waals surface area contributed by atoms with Crippen LogP contribution in [0.15, 0.2) is 0 Å². The van der Waals surface area contributed by atoms with E-state index in [0.29, 0.717) is 11.5 Å². The molecule has 94 valence electrons. The zero-order valence-electron chi connectivity index (χ0n) is 10.8. The molecule has 2 rings (SSSR count). The zero-order chi connectivity index (χ0) is 11.6. The van der Waals surface area contributed by atoms with Gasteiger partial charge in [-0.15, -0.1) is 0 Å². The third-order valence-electron chi connectivity index (χ3n) is 3.48. The van der Waals surface area contributed by atoms with E-state index >= 15 is 0 Å². The summed E-state index contributed by atoms with van der Waals surface area (Å²) in [5, 5.41) is 3.68. The van der Waals surface area contributed by atoms with Crippen LogP contribution in [0.25, 0.3) is 0 Å². The molecule has 0 aliphatic carbocycles. The Morgan fingerprint density at radius 3 is 2.75 bits per heavy atom. The van der Waals surface area contributed by atoms with Crippen LogP contribution in [0.4, 0.5) is 0 Å². The van der Waals surface area contributed by atoms with Gasteiger partial charge in [-0.1, -0.05) is 20.8 Å². The molecule has 1 N–H and O–H groups in total. The molecule has 16 heavy (non-hydrogen) atoms. The van der Waals surface area contributed by atoms with E-state index in [1.54, 1.807) is 0 Å². The first kappa shape index (κ1) is 12.3. The summed E-state index contributed by atoms with van der Waals surface area (Å²) in [5.74, 6) is 0. The van der Waals surface area contributed by atoms with Crippen molar-refractivity contribution in [2.45, 2.75) is 51.7 Å². The molecule has 2 aliphatic rings. The Balaban J connectivity index is 1.82. The van der Waals surface area contributed by atoms with E-state index in [4.69, 9.17) is 9.47 Å². The van der Waals surface area contributed by atoms with Gasteiger partial charge in [0.25, 0.3) is 0 Å². The fraction of sp³-hybridized carbons (Fsp3) is 1.00. The molecule has 0 radical (unpaired) electrons. The topological polar surface area (TPSA) is 30.5 Å². The van der Waals surface area contributed by atoms with Gasteiger partial charge in [0.05, 0.1) is 12.2 Å². The van der Waals surface area contributed by atoms with E-state index in [9.17, 15) is 0 Å². The minimum absolute atomic E-state index is 0.0355. The first-order chi connectivity index (χ1) is 7.49. The van der Waals surface area contributed by atoms with Gasteiger partial charge in [-0.2, -0.15) is 0 Å². The van der Waals surface area contributed by atoms with E-state index in [0.717, 1.165) is 45.6 Å². The average molecular weight is 227 g/mol. The molecule has 2 fully saturated rings. The van der Waals surface area contributed by atoms with Crippen LogP contribution in [-0.2, 0) is 9.47 Å². The van der Waals surface area contributed by atoms with Crippen LogP contribution in [0.5, 0.6) is 0 Å². The third-order valence-corrected chi connectivity index (χ3v) is 3.48. The van der Waals surface area contributed by atoms with Crippen molar-refractivity contribution < 1.29 is 9.47 Å². The number of hydrogen-bond donors (Lipinski definition) is 1. The first-order valence-electron chi connectivity index (χ1n) is 6.44. The lowest BCUT2D eigenvalue weighted by Gasteiger charge is -2.38. The van der Waals surface area contributed by atoms with Crippen LogP contribution >= 0.6 is 0 Å². The maximum Gasteiger partial charge on any atom is 0.0951 e. The molecule has 2 unspecified atom stereocenters. The van der Waals surface area contributed by atoms with Gasteiger partial charge in [-0.25, -0.2) is 0 Å². The van der Waals surface area contributed by atoms with Crippen molar-refractivity contribution in [2.24, 2.45) is 5.41 Å². The SMILES string of the molecule is CC(C)(C)CNC1CCOC2(CCOC2)C1. The van der Waals surface area contributed by atoms with Gasteiger partial charge in [0, 0.05) is 32.2 Å². The molecular weight excluding hydrogens is 202 g/mol. The van der Waals surface area contributed by atoms with Crippen molar-refractivity contribution in [2.75, 3.05) is 26.4 Å². The molecule has 0 amide bonds. The summed E-state index contributed by atoms with van der Waals surface area (Å²) in [5.41, 5.74) is 0.394. The van der Waals surface area contributed by atoms with Gasteiger partial charge in [-0.05, 0) is 18.3 Å². The fourth-order valence-electron chi connectivity index (χ4n) is 2.52.